The lowest BCUT2D eigenvalue weighted by atomic mass is 10.0. The average molecular weight is 383 g/mol. The lowest BCUT2D eigenvalue weighted by Crippen LogP contribution is -2.44. The highest BCUT2D eigenvalue weighted by Crippen LogP contribution is 2.11. The Morgan fingerprint density at radius 1 is 0.964 bits per heavy atom. The molecule has 6 nitrogen and oxygen atoms in total. The first kappa shape index (κ1) is 21.2. The molecule has 0 aliphatic heterocycles. The Balaban J connectivity index is 1.86. The first-order valence-corrected chi connectivity index (χ1v) is 9.02. The van der Waals surface area contributed by atoms with E-state index in [9.17, 15) is 14.4 Å². The van der Waals surface area contributed by atoms with E-state index >= 15 is 0 Å². The number of ether oxygens (including phenoxy) is 2. The van der Waals surface area contributed by atoms with Gasteiger partial charge in [0.2, 0.25) is 0 Å². The summed E-state index contributed by atoms with van der Waals surface area (Å²) in [5.74, 6) is -1.62. The Kier molecular flexibility index (Phi) is 7.75. The minimum atomic E-state index is -0.849. The number of rotatable bonds is 8. The van der Waals surface area contributed by atoms with Crippen molar-refractivity contribution >= 4 is 17.8 Å². The molecule has 2 rings (SSSR count). The second-order valence-corrected chi connectivity index (χ2v) is 6.59. The Bertz CT molecular complexity index is 832. The van der Waals surface area contributed by atoms with Crippen molar-refractivity contribution in [2.45, 2.75) is 32.7 Å². The zero-order valence-electron chi connectivity index (χ0n) is 16.4. The first-order chi connectivity index (χ1) is 13.4. The minimum absolute atomic E-state index is 0.0822. The van der Waals surface area contributed by atoms with Crippen LogP contribution in [0.4, 0.5) is 0 Å². The highest BCUT2D eigenvalue weighted by atomic mass is 16.5. The third kappa shape index (κ3) is 6.54. The second kappa shape index (κ2) is 10.3. The molecule has 28 heavy (non-hydrogen) atoms. The molecule has 0 saturated carbocycles. The van der Waals surface area contributed by atoms with Gasteiger partial charge in [-0.25, -0.2) is 4.79 Å². The number of aryl methyl sites for hydroxylation is 2. The van der Waals surface area contributed by atoms with Crippen molar-refractivity contribution in [3.05, 3.63) is 70.8 Å². The fraction of sp³-hybridized carbons (Fsp3) is 0.318. The maximum Gasteiger partial charge on any atom is 0.328 e. The highest BCUT2D eigenvalue weighted by molar-refractivity contribution is 5.86. The van der Waals surface area contributed by atoms with Crippen molar-refractivity contribution in [1.82, 2.24) is 5.32 Å². The quantitative estimate of drug-likeness (QED) is 0.708. The van der Waals surface area contributed by atoms with Crippen LogP contribution in [0.25, 0.3) is 0 Å². The summed E-state index contributed by atoms with van der Waals surface area (Å²) in [6, 6.07) is 14.1. The SMILES string of the molecule is COC(=O)[C@@H](Cc1ccccc1)NC(=O)COC(=O)Cc1ccc(C)c(C)c1. The Labute approximate surface area is 164 Å². The number of esters is 2. The molecular weight excluding hydrogens is 358 g/mol. The van der Waals surface area contributed by atoms with Gasteiger partial charge in [0.15, 0.2) is 6.61 Å². The third-order valence-electron chi connectivity index (χ3n) is 4.39. The van der Waals surface area contributed by atoms with E-state index in [0.717, 1.165) is 22.3 Å². The molecule has 0 aliphatic carbocycles. The maximum absolute atomic E-state index is 12.1. The van der Waals surface area contributed by atoms with Crippen LogP contribution in [-0.2, 0) is 36.7 Å². The van der Waals surface area contributed by atoms with Gasteiger partial charge in [0.25, 0.3) is 5.91 Å². The van der Waals surface area contributed by atoms with Crippen LogP contribution in [0.5, 0.6) is 0 Å². The highest BCUT2D eigenvalue weighted by Gasteiger charge is 2.22. The molecule has 1 N–H and O–H groups in total. The van der Waals surface area contributed by atoms with Gasteiger partial charge >= 0.3 is 11.9 Å². The zero-order valence-corrected chi connectivity index (χ0v) is 16.4. The van der Waals surface area contributed by atoms with Gasteiger partial charge in [-0.1, -0.05) is 48.5 Å². The monoisotopic (exact) mass is 383 g/mol. The van der Waals surface area contributed by atoms with Crippen molar-refractivity contribution < 1.29 is 23.9 Å². The minimum Gasteiger partial charge on any atom is -0.467 e. The van der Waals surface area contributed by atoms with Gasteiger partial charge in [0.1, 0.15) is 6.04 Å². The Morgan fingerprint density at radius 3 is 2.32 bits per heavy atom. The summed E-state index contributed by atoms with van der Waals surface area (Å²) < 4.78 is 9.79. The molecule has 0 saturated heterocycles. The number of nitrogens with one attached hydrogen (secondary N) is 1. The number of carbonyl (C=O) groups is 3. The average Bonchev–Trinajstić information content (AvgIpc) is 2.69. The number of hydrogen-bond acceptors (Lipinski definition) is 5. The molecule has 0 heterocycles. The Morgan fingerprint density at radius 2 is 1.68 bits per heavy atom. The van der Waals surface area contributed by atoms with Crippen LogP contribution < -0.4 is 5.32 Å². The van der Waals surface area contributed by atoms with E-state index in [2.05, 4.69) is 5.32 Å². The standard InChI is InChI=1S/C22H25NO5/c1-15-9-10-18(11-16(15)2)13-21(25)28-14-20(24)23-19(22(26)27-3)12-17-7-5-4-6-8-17/h4-11,19H,12-14H2,1-3H3,(H,23,24)/t19-/m1/s1. The topological polar surface area (TPSA) is 81.7 Å². The van der Waals surface area contributed by atoms with Crippen molar-refractivity contribution in [1.29, 1.82) is 0 Å². The second-order valence-electron chi connectivity index (χ2n) is 6.59. The normalized spacial score (nSPS) is 11.4. The van der Waals surface area contributed by atoms with E-state index < -0.39 is 30.5 Å². The van der Waals surface area contributed by atoms with E-state index in [1.165, 1.54) is 7.11 Å². The van der Waals surface area contributed by atoms with Gasteiger partial charge < -0.3 is 14.8 Å². The molecule has 0 radical (unpaired) electrons. The molecule has 0 aliphatic rings. The van der Waals surface area contributed by atoms with Crippen molar-refractivity contribution in [3.63, 3.8) is 0 Å². The molecule has 6 heteroatoms. The van der Waals surface area contributed by atoms with Gasteiger partial charge in [0.05, 0.1) is 13.5 Å². The van der Waals surface area contributed by atoms with Crippen molar-refractivity contribution in [3.8, 4) is 0 Å². The first-order valence-electron chi connectivity index (χ1n) is 9.02. The molecule has 1 amide bonds. The third-order valence-corrected chi connectivity index (χ3v) is 4.39. The van der Waals surface area contributed by atoms with Gasteiger partial charge in [0, 0.05) is 6.42 Å². The van der Waals surface area contributed by atoms with Crippen LogP contribution in [0.3, 0.4) is 0 Å². The van der Waals surface area contributed by atoms with Crippen molar-refractivity contribution in [2.75, 3.05) is 13.7 Å². The molecule has 0 bridgehead atoms. The van der Waals surface area contributed by atoms with Gasteiger partial charge in [-0.2, -0.15) is 0 Å². The van der Waals surface area contributed by atoms with Crippen LogP contribution >= 0.6 is 0 Å². The summed E-state index contributed by atoms with van der Waals surface area (Å²) in [6.07, 6.45) is 0.370. The summed E-state index contributed by atoms with van der Waals surface area (Å²) in [7, 11) is 1.26. The summed E-state index contributed by atoms with van der Waals surface area (Å²) in [5.41, 5.74) is 3.93. The molecule has 0 spiro atoms. The predicted octanol–water partition coefficient (Wildman–Crippen LogP) is 2.29. The molecule has 2 aromatic rings. The molecule has 0 unspecified atom stereocenters. The number of benzene rings is 2. The van der Waals surface area contributed by atoms with Gasteiger partial charge in [-0.3, -0.25) is 9.59 Å². The fourth-order valence-corrected chi connectivity index (χ4v) is 2.70. The van der Waals surface area contributed by atoms with E-state index in [0.29, 0.717) is 0 Å². The van der Waals surface area contributed by atoms with E-state index in [1.807, 2.05) is 62.4 Å². The molecule has 2 aromatic carbocycles. The molecule has 148 valence electrons. The summed E-state index contributed by atoms with van der Waals surface area (Å²) >= 11 is 0. The van der Waals surface area contributed by atoms with Gasteiger partial charge in [-0.05, 0) is 36.1 Å². The summed E-state index contributed by atoms with van der Waals surface area (Å²) in [4.78, 5) is 36.1. The largest absolute Gasteiger partial charge is 0.467 e. The number of carbonyl (C=O) groups excluding carboxylic acids is 3. The van der Waals surface area contributed by atoms with Crippen LogP contribution in [-0.4, -0.2) is 37.6 Å². The van der Waals surface area contributed by atoms with Gasteiger partial charge in [-0.15, -0.1) is 0 Å². The van der Waals surface area contributed by atoms with E-state index in [1.54, 1.807) is 0 Å². The van der Waals surface area contributed by atoms with Crippen LogP contribution in [0.1, 0.15) is 22.3 Å². The summed E-state index contributed by atoms with van der Waals surface area (Å²) in [5, 5.41) is 2.56. The lowest BCUT2D eigenvalue weighted by molar-refractivity contribution is -0.149. The van der Waals surface area contributed by atoms with Crippen LogP contribution in [0, 0.1) is 13.8 Å². The smallest absolute Gasteiger partial charge is 0.328 e. The number of hydrogen-bond donors (Lipinski definition) is 1. The molecule has 0 aromatic heterocycles. The molecular formula is C22H25NO5. The predicted molar refractivity (Wildman–Crippen MR) is 105 cm³/mol. The fourth-order valence-electron chi connectivity index (χ4n) is 2.70. The number of methoxy groups -OCH3 is 1. The van der Waals surface area contributed by atoms with Crippen molar-refractivity contribution in [2.24, 2.45) is 0 Å². The van der Waals surface area contributed by atoms with Crippen LogP contribution in [0.15, 0.2) is 48.5 Å². The van der Waals surface area contributed by atoms with E-state index in [4.69, 9.17) is 9.47 Å². The van der Waals surface area contributed by atoms with E-state index in [-0.39, 0.29) is 12.8 Å². The number of amides is 1. The molecule has 0 fully saturated rings. The lowest BCUT2D eigenvalue weighted by Gasteiger charge is -2.16. The maximum atomic E-state index is 12.1. The van der Waals surface area contributed by atoms with Crippen LogP contribution in [0.2, 0.25) is 0 Å². The summed E-state index contributed by atoms with van der Waals surface area (Å²) in [6.45, 7) is 3.51. The molecule has 1 atom stereocenters. The Hall–Kier alpha value is -3.15. The zero-order chi connectivity index (χ0) is 20.5.